The third-order valence-corrected chi connectivity index (χ3v) is 5.73. The highest BCUT2D eigenvalue weighted by atomic mass is 35.5. The van der Waals surface area contributed by atoms with Crippen LogP contribution in [0, 0.1) is 12.7 Å². The predicted molar refractivity (Wildman–Crippen MR) is 114 cm³/mol. The van der Waals surface area contributed by atoms with Crippen molar-refractivity contribution in [3.05, 3.63) is 76.2 Å². The summed E-state index contributed by atoms with van der Waals surface area (Å²) in [5.74, 6) is -1.29. The van der Waals surface area contributed by atoms with Crippen LogP contribution in [-0.2, 0) is 16.1 Å². The molecule has 8 heteroatoms. The molecule has 0 saturated carbocycles. The van der Waals surface area contributed by atoms with Crippen LogP contribution in [0.4, 0.5) is 4.39 Å². The van der Waals surface area contributed by atoms with Gasteiger partial charge in [-0.15, -0.1) is 0 Å². The molecule has 2 amide bonds. The molecule has 0 aliphatic carbocycles. The van der Waals surface area contributed by atoms with Crippen LogP contribution in [0.3, 0.4) is 0 Å². The minimum atomic E-state index is -0.766. The maximum atomic E-state index is 14.3. The molecule has 31 heavy (non-hydrogen) atoms. The van der Waals surface area contributed by atoms with Crippen LogP contribution in [0.1, 0.15) is 35.7 Å². The highest BCUT2D eigenvalue weighted by molar-refractivity contribution is 6.35. The number of hydrogen-bond donors (Lipinski definition) is 1. The first-order chi connectivity index (χ1) is 15.0. The monoisotopic (exact) mass is 441 g/mol. The zero-order valence-electron chi connectivity index (χ0n) is 16.9. The average Bonchev–Trinajstić information content (AvgIpc) is 3.40. The lowest BCUT2D eigenvalue weighted by Gasteiger charge is -2.25. The first-order valence-electron chi connectivity index (χ1n) is 10.00. The molecule has 1 N–H and O–H groups in total. The molecule has 1 saturated heterocycles. The Morgan fingerprint density at radius 1 is 1.26 bits per heavy atom. The summed E-state index contributed by atoms with van der Waals surface area (Å²) < 4.78 is 19.7. The number of amides is 2. The van der Waals surface area contributed by atoms with Gasteiger partial charge in [0.2, 0.25) is 0 Å². The summed E-state index contributed by atoms with van der Waals surface area (Å²) in [6.45, 7) is 2.28. The van der Waals surface area contributed by atoms with Crippen LogP contribution in [0.15, 0.2) is 53.1 Å². The molecular formula is C23H21ClFN3O3. The molecule has 0 radical (unpaired) electrons. The van der Waals surface area contributed by atoms with Gasteiger partial charge in [-0.25, -0.2) is 4.39 Å². The zero-order valence-corrected chi connectivity index (χ0v) is 17.7. The van der Waals surface area contributed by atoms with Crippen molar-refractivity contribution < 1.29 is 18.5 Å². The van der Waals surface area contributed by atoms with Gasteiger partial charge in [-0.2, -0.15) is 0 Å². The van der Waals surface area contributed by atoms with E-state index in [9.17, 15) is 14.0 Å². The molecule has 1 aliphatic heterocycles. The summed E-state index contributed by atoms with van der Waals surface area (Å²) in [5.41, 5.74) is 2.54. The third kappa shape index (κ3) is 4.32. The van der Waals surface area contributed by atoms with E-state index >= 15 is 0 Å². The van der Waals surface area contributed by atoms with Crippen molar-refractivity contribution in [1.82, 2.24) is 15.4 Å². The molecule has 2 aromatic carbocycles. The van der Waals surface area contributed by atoms with E-state index in [1.165, 1.54) is 23.1 Å². The molecule has 0 spiro atoms. The Morgan fingerprint density at radius 3 is 2.81 bits per heavy atom. The SMILES string of the molecule is Cc1c(CNC(=O)C(=O)N2CCCC2c2cc(Cl)ccc2F)noc1-c1ccccc1. The third-order valence-electron chi connectivity index (χ3n) is 5.50. The number of rotatable bonds is 4. The Labute approximate surface area is 184 Å². The van der Waals surface area contributed by atoms with Gasteiger partial charge >= 0.3 is 11.8 Å². The molecule has 1 aromatic heterocycles. The molecule has 0 bridgehead atoms. The molecule has 6 nitrogen and oxygen atoms in total. The van der Waals surface area contributed by atoms with Crippen molar-refractivity contribution in [2.75, 3.05) is 6.54 Å². The van der Waals surface area contributed by atoms with Crippen molar-refractivity contribution in [2.24, 2.45) is 0 Å². The topological polar surface area (TPSA) is 75.4 Å². The second kappa shape index (κ2) is 8.89. The molecule has 1 unspecified atom stereocenters. The van der Waals surface area contributed by atoms with Gasteiger partial charge in [-0.1, -0.05) is 47.1 Å². The van der Waals surface area contributed by atoms with E-state index in [0.29, 0.717) is 41.4 Å². The number of halogens is 2. The summed E-state index contributed by atoms with van der Waals surface area (Å²) in [7, 11) is 0. The highest BCUT2D eigenvalue weighted by Gasteiger charge is 2.35. The number of likely N-dealkylation sites (tertiary alicyclic amines) is 1. The van der Waals surface area contributed by atoms with Crippen LogP contribution in [0.5, 0.6) is 0 Å². The Balaban J connectivity index is 1.44. The predicted octanol–water partition coefficient (Wildman–Crippen LogP) is 4.42. The fourth-order valence-corrected chi connectivity index (χ4v) is 4.05. The van der Waals surface area contributed by atoms with Crippen molar-refractivity contribution in [3.63, 3.8) is 0 Å². The van der Waals surface area contributed by atoms with E-state index in [4.69, 9.17) is 16.1 Å². The maximum absolute atomic E-state index is 14.3. The number of carbonyl (C=O) groups is 2. The quantitative estimate of drug-likeness (QED) is 0.608. The van der Waals surface area contributed by atoms with Gasteiger partial charge in [0.15, 0.2) is 5.76 Å². The summed E-state index contributed by atoms with van der Waals surface area (Å²) in [4.78, 5) is 26.7. The summed E-state index contributed by atoms with van der Waals surface area (Å²) >= 11 is 6.00. The van der Waals surface area contributed by atoms with E-state index in [-0.39, 0.29) is 6.54 Å². The largest absolute Gasteiger partial charge is 0.356 e. The standard InChI is InChI=1S/C23H21ClFN3O3/c1-14-19(27-31-21(14)15-6-3-2-4-7-15)13-26-22(29)23(30)28-11-5-8-20(28)17-12-16(24)9-10-18(17)25/h2-4,6-7,9-10,12,20H,5,8,11,13H2,1H3,(H,26,29). The summed E-state index contributed by atoms with van der Waals surface area (Å²) in [6, 6.07) is 13.2. The number of carbonyl (C=O) groups excluding carboxylic acids is 2. The van der Waals surface area contributed by atoms with Crippen LogP contribution in [0.2, 0.25) is 5.02 Å². The summed E-state index contributed by atoms with van der Waals surface area (Å²) in [5, 5.41) is 7.02. The van der Waals surface area contributed by atoms with Crippen molar-refractivity contribution in [1.29, 1.82) is 0 Å². The van der Waals surface area contributed by atoms with E-state index < -0.39 is 23.7 Å². The minimum Gasteiger partial charge on any atom is -0.356 e. The average molecular weight is 442 g/mol. The van der Waals surface area contributed by atoms with E-state index in [1.54, 1.807) is 0 Å². The fraction of sp³-hybridized carbons (Fsp3) is 0.261. The maximum Gasteiger partial charge on any atom is 0.312 e. The zero-order chi connectivity index (χ0) is 22.0. The van der Waals surface area contributed by atoms with Gasteiger partial charge in [0.1, 0.15) is 11.5 Å². The number of benzene rings is 2. The van der Waals surface area contributed by atoms with E-state index in [0.717, 1.165) is 11.1 Å². The van der Waals surface area contributed by atoms with Crippen LogP contribution >= 0.6 is 11.6 Å². The van der Waals surface area contributed by atoms with Crippen LogP contribution in [0.25, 0.3) is 11.3 Å². The van der Waals surface area contributed by atoms with E-state index in [2.05, 4.69) is 10.5 Å². The lowest BCUT2D eigenvalue weighted by molar-refractivity contribution is -0.146. The second-order valence-electron chi connectivity index (χ2n) is 7.45. The molecular weight excluding hydrogens is 421 g/mol. The Hall–Kier alpha value is -3.19. The van der Waals surface area contributed by atoms with Crippen molar-refractivity contribution >= 4 is 23.4 Å². The van der Waals surface area contributed by atoms with Gasteiger partial charge in [0.05, 0.1) is 12.6 Å². The summed E-state index contributed by atoms with van der Waals surface area (Å²) in [6.07, 6.45) is 1.25. The molecule has 1 aliphatic rings. The first-order valence-corrected chi connectivity index (χ1v) is 10.4. The minimum absolute atomic E-state index is 0.0524. The molecule has 4 rings (SSSR count). The molecule has 3 aromatic rings. The van der Waals surface area contributed by atoms with Gasteiger partial charge in [0.25, 0.3) is 0 Å². The smallest absolute Gasteiger partial charge is 0.312 e. The molecule has 1 fully saturated rings. The fourth-order valence-electron chi connectivity index (χ4n) is 3.87. The lowest BCUT2D eigenvalue weighted by Crippen LogP contribution is -2.42. The van der Waals surface area contributed by atoms with Gasteiger partial charge < -0.3 is 14.7 Å². The number of nitrogens with zero attached hydrogens (tertiary/aromatic N) is 2. The van der Waals surface area contributed by atoms with Crippen molar-refractivity contribution in [2.45, 2.75) is 32.4 Å². The highest BCUT2D eigenvalue weighted by Crippen LogP contribution is 2.34. The van der Waals surface area contributed by atoms with Gasteiger partial charge in [-0.3, -0.25) is 9.59 Å². The van der Waals surface area contributed by atoms with Crippen LogP contribution < -0.4 is 5.32 Å². The molecule has 2 heterocycles. The Morgan fingerprint density at radius 2 is 2.03 bits per heavy atom. The van der Waals surface area contributed by atoms with Crippen LogP contribution in [-0.4, -0.2) is 28.4 Å². The lowest BCUT2D eigenvalue weighted by atomic mass is 10.0. The second-order valence-corrected chi connectivity index (χ2v) is 7.89. The van der Waals surface area contributed by atoms with Gasteiger partial charge in [0, 0.05) is 28.3 Å². The Kier molecular flexibility index (Phi) is 6.04. The number of aromatic nitrogens is 1. The number of nitrogens with one attached hydrogen (secondary N) is 1. The normalized spacial score (nSPS) is 15.8. The first kappa shape index (κ1) is 21.1. The Bertz CT molecular complexity index is 1120. The molecule has 1 atom stereocenters. The van der Waals surface area contributed by atoms with E-state index in [1.807, 2.05) is 37.3 Å². The van der Waals surface area contributed by atoms with Crippen molar-refractivity contribution in [3.8, 4) is 11.3 Å². The van der Waals surface area contributed by atoms with Gasteiger partial charge in [-0.05, 0) is 38.0 Å². The molecule has 160 valence electrons. The number of hydrogen-bond acceptors (Lipinski definition) is 4.